The van der Waals surface area contributed by atoms with E-state index in [1.54, 1.807) is 32.4 Å². The largest absolute Gasteiger partial charge is 0.490 e. The van der Waals surface area contributed by atoms with Crippen molar-refractivity contribution in [2.45, 2.75) is 6.92 Å². The number of ether oxygens (including phenoxy) is 2. The summed E-state index contributed by atoms with van der Waals surface area (Å²) in [7, 11) is 3.30. The monoisotopic (exact) mass is 383 g/mol. The average Bonchev–Trinajstić information content (AvgIpc) is 2.97. The van der Waals surface area contributed by atoms with Crippen LogP contribution in [-0.2, 0) is 4.79 Å². The Morgan fingerprint density at radius 2 is 2.24 bits per heavy atom. The van der Waals surface area contributed by atoms with Gasteiger partial charge >= 0.3 is 0 Å². The molecule has 2 aromatic rings. The lowest BCUT2D eigenvalue weighted by atomic mass is 10.2. The van der Waals surface area contributed by atoms with E-state index in [1.807, 2.05) is 6.92 Å². The van der Waals surface area contributed by atoms with Gasteiger partial charge in [-0.05, 0) is 36.8 Å². The molecule has 0 saturated heterocycles. The maximum atomic E-state index is 11.7. The van der Waals surface area contributed by atoms with Gasteiger partial charge in [0.15, 0.2) is 18.1 Å². The van der Waals surface area contributed by atoms with E-state index in [9.17, 15) is 4.79 Å². The fraction of sp³-hybridized carbons (Fsp3) is 0.333. The molecule has 1 aromatic heterocycles. The normalized spacial score (nSPS) is 10.9. The molecule has 0 aliphatic carbocycles. The van der Waals surface area contributed by atoms with Crippen LogP contribution in [0.15, 0.2) is 23.6 Å². The number of H-pyrrole nitrogens is 1. The van der Waals surface area contributed by atoms with Crippen molar-refractivity contribution in [2.75, 3.05) is 27.3 Å². The van der Waals surface area contributed by atoms with E-state index in [2.05, 4.69) is 15.3 Å². The molecular formula is C15H18ClN5O3S. The summed E-state index contributed by atoms with van der Waals surface area (Å²) in [6, 6.07) is 3.38. The highest BCUT2D eigenvalue weighted by Gasteiger charge is 2.14. The molecule has 1 amide bonds. The van der Waals surface area contributed by atoms with Gasteiger partial charge in [-0.1, -0.05) is 11.6 Å². The molecule has 25 heavy (non-hydrogen) atoms. The molecule has 0 fully saturated rings. The highest BCUT2D eigenvalue weighted by molar-refractivity contribution is 7.71. The van der Waals surface area contributed by atoms with Crippen LogP contribution in [-0.4, -0.2) is 59.2 Å². The van der Waals surface area contributed by atoms with Gasteiger partial charge in [-0.25, -0.2) is 0 Å². The van der Waals surface area contributed by atoms with Crippen LogP contribution in [0.4, 0.5) is 0 Å². The van der Waals surface area contributed by atoms with Crippen molar-refractivity contribution in [1.82, 2.24) is 19.8 Å². The number of aromatic amines is 1. The second-order valence-electron chi connectivity index (χ2n) is 5.09. The van der Waals surface area contributed by atoms with E-state index in [-0.39, 0.29) is 12.5 Å². The van der Waals surface area contributed by atoms with Crippen LogP contribution >= 0.6 is 23.8 Å². The Labute approximate surface area is 155 Å². The third kappa shape index (κ3) is 5.04. The quantitative estimate of drug-likeness (QED) is 0.586. The van der Waals surface area contributed by atoms with Crippen LogP contribution in [0.5, 0.6) is 11.5 Å². The van der Waals surface area contributed by atoms with Crippen molar-refractivity contribution in [1.29, 1.82) is 0 Å². The van der Waals surface area contributed by atoms with Gasteiger partial charge in [0.05, 0.1) is 17.8 Å². The number of hydrogen-bond acceptors (Lipinski definition) is 6. The lowest BCUT2D eigenvalue weighted by Gasteiger charge is -2.16. The number of carbonyl (C=O) groups is 1. The lowest BCUT2D eigenvalue weighted by Crippen LogP contribution is -2.27. The van der Waals surface area contributed by atoms with Gasteiger partial charge in [0, 0.05) is 14.1 Å². The summed E-state index contributed by atoms with van der Waals surface area (Å²) >= 11 is 11.3. The molecule has 1 aromatic carbocycles. The molecule has 134 valence electrons. The Morgan fingerprint density at radius 3 is 2.84 bits per heavy atom. The Bertz CT molecular complexity index is 831. The summed E-state index contributed by atoms with van der Waals surface area (Å²) in [6.45, 7) is 2.13. The molecule has 10 heteroatoms. The van der Waals surface area contributed by atoms with Gasteiger partial charge < -0.3 is 14.4 Å². The number of amides is 1. The number of nitrogens with one attached hydrogen (secondary N) is 1. The second-order valence-corrected chi connectivity index (χ2v) is 5.88. The van der Waals surface area contributed by atoms with Crippen LogP contribution in [0.3, 0.4) is 0 Å². The number of benzene rings is 1. The lowest BCUT2D eigenvalue weighted by molar-refractivity contribution is -0.130. The van der Waals surface area contributed by atoms with E-state index in [1.165, 1.54) is 15.9 Å². The Balaban J connectivity index is 2.27. The summed E-state index contributed by atoms with van der Waals surface area (Å²) in [5, 5.41) is 10.9. The number of halogens is 1. The molecule has 2 rings (SSSR count). The standard InChI is InChI=1S/C15H18ClN5O3S/c1-4-23-12-6-10(7-18-21-9-17-19-15(21)25)5-11(16)14(12)24-8-13(22)20(2)3/h5-7,9H,4,8H2,1-3H3,(H,19,25)/b18-7-. The molecule has 0 bridgehead atoms. The van der Waals surface area contributed by atoms with E-state index < -0.39 is 0 Å². The first-order valence-corrected chi connectivity index (χ1v) is 8.16. The van der Waals surface area contributed by atoms with Crippen LogP contribution in [0.2, 0.25) is 5.02 Å². The summed E-state index contributed by atoms with van der Waals surface area (Å²) in [5.41, 5.74) is 0.683. The van der Waals surface area contributed by atoms with Gasteiger partial charge in [0.1, 0.15) is 6.33 Å². The van der Waals surface area contributed by atoms with E-state index >= 15 is 0 Å². The van der Waals surface area contributed by atoms with E-state index in [4.69, 9.17) is 33.3 Å². The first-order valence-electron chi connectivity index (χ1n) is 7.38. The SMILES string of the molecule is CCOc1cc(/C=N\n2cn[nH]c2=S)cc(Cl)c1OCC(=O)N(C)C. The first kappa shape index (κ1) is 18.9. The number of rotatable bonds is 7. The predicted octanol–water partition coefficient (Wildman–Crippen LogP) is 2.34. The third-order valence-corrected chi connectivity index (χ3v) is 3.60. The molecule has 0 saturated carbocycles. The molecule has 1 N–H and O–H groups in total. The van der Waals surface area contributed by atoms with Crippen LogP contribution in [0.1, 0.15) is 12.5 Å². The molecule has 0 aliphatic rings. The number of nitrogens with zero attached hydrogens (tertiary/aromatic N) is 4. The molecule has 0 unspecified atom stereocenters. The number of likely N-dealkylation sites (N-methyl/N-ethyl adjacent to an activating group) is 1. The Morgan fingerprint density at radius 1 is 1.48 bits per heavy atom. The van der Waals surface area contributed by atoms with Crippen LogP contribution in [0, 0.1) is 4.77 Å². The topological polar surface area (TPSA) is 84.7 Å². The van der Waals surface area contributed by atoms with Crippen molar-refractivity contribution in [3.05, 3.63) is 33.8 Å². The summed E-state index contributed by atoms with van der Waals surface area (Å²) in [5.74, 6) is 0.563. The summed E-state index contributed by atoms with van der Waals surface area (Å²) < 4.78 is 12.9. The minimum absolute atomic E-state index is 0.135. The van der Waals surface area contributed by atoms with Crippen molar-refractivity contribution >= 4 is 35.9 Å². The second kappa shape index (κ2) is 8.63. The molecule has 8 nitrogen and oxygen atoms in total. The van der Waals surface area contributed by atoms with Crippen LogP contribution in [0.25, 0.3) is 0 Å². The van der Waals surface area contributed by atoms with Gasteiger partial charge in [-0.2, -0.15) is 14.9 Å². The van der Waals surface area contributed by atoms with E-state index in [0.29, 0.717) is 33.5 Å². The fourth-order valence-electron chi connectivity index (χ4n) is 1.78. The number of hydrogen-bond donors (Lipinski definition) is 1. The molecular weight excluding hydrogens is 366 g/mol. The summed E-state index contributed by atoms with van der Waals surface area (Å²) in [4.78, 5) is 13.1. The predicted molar refractivity (Wildman–Crippen MR) is 97.2 cm³/mol. The minimum atomic E-state index is -0.182. The van der Waals surface area contributed by atoms with Gasteiger partial charge in [-0.3, -0.25) is 9.89 Å². The zero-order valence-electron chi connectivity index (χ0n) is 14.0. The zero-order chi connectivity index (χ0) is 18.4. The zero-order valence-corrected chi connectivity index (χ0v) is 15.6. The Hall–Kier alpha value is -2.39. The smallest absolute Gasteiger partial charge is 0.259 e. The van der Waals surface area contributed by atoms with Crippen molar-refractivity contribution < 1.29 is 14.3 Å². The molecule has 0 radical (unpaired) electrons. The molecule has 1 heterocycles. The number of carbonyl (C=O) groups excluding carboxylic acids is 1. The number of aromatic nitrogens is 3. The molecule has 0 atom stereocenters. The average molecular weight is 384 g/mol. The fourth-order valence-corrected chi connectivity index (χ4v) is 2.20. The molecule has 0 aliphatic heterocycles. The van der Waals surface area contributed by atoms with Gasteiger partial charge in [0.25, 0.3) is 5.91 Å². The highest BCUT2D eigenvalue weighted by Crippen LogP contribution is 2.36. The van der Waals surface area contributed by atoms with Gasteiger partial charge in [-0.15, -0.1) is 0 Å². The highest BCUT2D eigenvalue weighted by atomic mass is 35.5. The maximum Gasteiger partial charge on any atom is 0.259 e. The molecule has 0 spiro atoms. The minimum Gasteiger partial charge on any atom is -0.490 e. The summed E-state index contributed by atoms with van der Waals surface area (Å²) in [6.07, 6.45) is 3.02. The third-order valence-electron chi connectivity index (χ3n) is 3.04. The van der Waals surface area contributed by atoms with Crippen molar-refractivity contribution in [2.24, 2.45) is 5.10 Å². The van der Waals surface area contributed by atoms with Crippen LogP contribution < -0.4 is 9.47 Å². The maximum absolute atomic E-state index is 11.7. The van der Waals surface area contributed by atoms with Crippen molar-refractivity contribution in [3.63, 3.8) is 0 Å². The first-order chi connectivity index (χ1) is 11.9. The Kier molecular flexibility index (Phi) is 6.54. The van der Waals surface area contributed by atoms with E-state index in [0.717, 1.165) is 0 Å². The van der Waals surface area contributed by atoms with Gasteiger partial charge in [0.2, 0.25) is 4.77 Å². The van der Waals surface area contributed by atoms with Crippen molar-refractivity contribution in [3.8, 4) is 11.5 Å².